The number of rotatable bonds is 32. The molecule has 0 N–H and O–H groups in total. The minimum absolute atomic E-state index is 0.0737. The van der Waals surface area contributed by atoms with E-state index in [1.807, 2.05) is 0 Å². The Bertz CT molecular complexity index is 644. The molecule has 0 saturated heterocycles. The molecule has 0 aromatic carbocycles. The number of carbonyl (C=O) groups excluding carboxylic acids is 3. The number of esters is 3. The van der Waals surface area contributed by atoms with Gasteiger partial charge in [-0.15, -0.1) is 0 Å². The Balaban J connectivity index is 4.21. The van der Waals surface area contributed by atoms with Crippen LogP contribution >= 0.6 is 0 Å². The fourth-order valence-electron chi connectivity index (χ4n) is 4.96. The zero-order chi connectivity index (χ0) is 31.6. The number of allylic oxidation sites excluding steroid dienone is 2. The molecule has 0 unspecified atom stereocenters. The molecule has 0 spiro atoms. The predicted octanol–water partition coefficient (Wildman–Crippen LogP) is 10.7. The third-order valence-electron chi connectivity index (χ3n) is 7.77. The standard InChI is InChI=1S/C37H68O6/c1-4-7-10-13-14-15-16-17-18-19-20-21-22-25-28-31-37(40)43-34(32-41-35(38)29-26-23-11-8-5-2)33-42-36(39)30-27-24-12-9-6-3/h17-18,34H,4-16,19-33H2,1-3H3/b18-17+. The van der Waals surface area contributed by atoms with Crippen molar-refractivity contribution in [2.24, 2.45) is 0 Å². The predicted molar refractivity (Wildman–Crippen MR) is 178 cm³/mol. The highest BCUT2D eigenvalue weighted by atomic mass is 16.6. The summed E-state index contributed by atoms with van der Waals surface area (Å²) in [5, 5.41) is 0. The molecule has 0 aliphatic heterocycles. The molecule has 43 heavy (non-hydrogen) atoms. The molecule has 0 rings (SSSR count). The van der Waals surface area contributed by atoms with Gasteiger partial charge in [-0.1, -0.05) is 136 Å². The van der Waals surface area contributed by atoms with Crippen LogP contribution in [0.1, 0.15) is 188 Å². The van der Waals surface area contributed by atoms with Crippen LogP contribution in [-0.4, -0.2) is 37.2 Å². The van der Waals surface area contributed by atoms with Gasteiger partial charge in [-0.25, -0.2) is 0 Å². The van der Waals surface area contributed by atoms with Crippen molar-refractivity contribution >= 4 is 17.9 Å². The van der Waals surface area contributed by atoms with E-state index in [0.717, 1.165) is 77.0 Å². The summed E-state index contributed by atoms with van der Waals surface area (Å²) in [5.41, 5.74) is 0. The van der Waals surface area contributed by atoms with Crippen LogP contribution in [0.15, 0.2) is 12.2 Å². The van der Waals surface area contributed by atoms with Gasteiger partial charge in [0.25, 0.3) is 0 Å². The van der Waals surface area contributed by atoms with Gasteiger partial charge >= 0.3 is 17.9 Å². The van der Waals surface area contributed by atoms with Crippen molar-refractivity contribution in [1.29, 1.82) is 0 Å². The van der Waals surface area contributed by atoms with E-state index in [4.69, 9.17) is 14.2 Å². The summed E-state index contributed by atoms with van der Waals surface area (Å²) >= 11 is 0. The molecular formula is C37H68O6. The Morgan fingerprint density at radius 2 is 0.767 bits per heavy atom. The molecule has 0 heterocycles. The minimum Gasteiger partial charge on any atom is -0.462 e. The van der Waals surface area contributed by atoms with Crippen LogP contribution in [0.5, 0.6) is 0 Å². The number of carbonyl (C=O) groups is 3. The van der Waals surface area contributed by atoms with Gasteiger partial charge in [-0.05, 0) is 44.9 Å². The first kappa shape index (κ1) is 41.1. The minimum atomic E-state index is -0.760. The van der Waals surface area contributed by atoms with Gasteiger partial charge in [0.2, 0.25) is 0 Å². The van der Waals surface area contributed by atoms with Crippen molar-refractivity contribution in [1.82, 2.24) is 0 Å². The van der Waals surface area contributed by atoms with Gasteiger partial charge in [0.05, 0.1) is 0 Å². The summed E-state index contributed by atoms with van der Waals surface area (Å²) in [6.07, 6.45) is 31.1. The van der Waals surface area contributed by atoms with Gasteiger partial charge < -0.3 is 14.2 Å². The topological polar surface area (TPSA) is 78.9 Å². The zero-order valence-corrected chi connectivity index (χ0v) is 28.5. The molecule has 0 saturated carbocycles. The van der Waals surface area contributed by atoms with Crippen molar-refractivity contribution in [2.45, 2.75) is 194 Å². The Hall–Kier alpha value is -1.85. The lowest BCUT2D eigenvalue weighted by molar-refractivity contribution is -0.167. The summed E-state index contributed by atoms with van der Waals surface area (Å²) in [4.78, 5) is 36.9. The van der Waals surface area contributed by atoms with Gasteiger partial charge in [0.1, 0.15) is 13.2 Å². The molecule has 0 fully saturated rings. The number of ether oxygens (including phenoxy) is 3. The van der Waals surface area contributed by atoms with Crippen LogP contribution in [0.25, 0.3) is 0 Å². The van der Waals surface area contributed by atoms with Crippen LogP contribution < -0.4 is 0 Å². The third kappa shape index (κ3) is 31.4. The summed E-state index contributed by atoms with van der Waals surface area (Å²) in [5.74, 6) is -0.914. The van der Waals surface area contributed by atoms with Gasteiger partial charge in [0.15, 0.2) is 6.10 Å². The quantitative estimate of drug-likeness (QED) is 0.0327. The average Bonchev–Trinajstić information content (AvgIpc) is 3.00. The maximum Gasteiger partial charge on any atom is 0.306 e. The second-order valence-corrected chi connectivity index (χ2v) is 12.1. The molecular weight excluding hydrogens is 540 g/mol. The maximum absolute atomic E-state index is 12.5. The molecule has 0 radical (unpaired) electrons. The second kappa shape index (κ2) is 33.1. The summed E-state index contributed by atoms with van der Waals surface area (Å²) < 4.78 is 16.4. The lowest BCUT2D eigenvalue weighted by Crippen LogP contribution is -2.30. The first-order chi connectivity index (χ1) is 21.0. The largest absolute Gasteiger partial charge is 0.462 e. The maximum atomic E-state index is 12.5. The molecule has 0 aliphatic rings. The van der Waals surface area contributed by atoms with Crippen LogP contribution in [0.3, 0.4) is 0 Å². The molecule has 6 heteroatoms. The van der Waals surface area contributed by atoms with E-state index in [0.29, 0.717) is 19.3 Å². The van der Waals surface area contributed by atoms with Crippen LogP contribution in [0.4, 0.5) is 0 Å². The molecule has 252 valence electrons. The molecule has 0 atom stereocenters. The lowest BCUT2D eigenvalue weighted by Gasteiger charge is -2.18. The van der Waals surface area contributed by atoms with E-state index in [9.17, 15) is 14.4 Å². The lowest BCUT2D eigenvalue weighted by atomic mass is 10.1. The third-order valence-corrected chi connectivity index (χ3v) is 7.77. The van der Waals surface area contributed by atoms with Crippen LogP contribution in [0, 0.1) is 0 Å². The second-order valence-electron chi connectivity index (χ2n) is 12.1. The Morgan fingerprint density at radius 3 is 1.16 bits per heavy atom. The number of hydrogen-bond acceptors (Lipinski definition) is 6. The van der Waals surface area contributed by atoms with E-state index in [1.54, 1.807) is 0 Å². The van der Waals surface area contributed by atoms with Crippen LogP contribution in [0.2, 0.25) is 0 Å². The molecule has 0 aromatic heterocycles. The first-order valence-corrected chi connectivity index (χ1v) is 18.2. The number of hydrogen-bond donors (Lipinski definition) is 0. The summed E-state index contributed by atoms with van der Waals surface area (Å²) in [6, 6.07) is 0. The highest BCUT2D eigenvalue weighted by molar-refractivity contribution is 5.71. The van der Waals surface area contributed by atoms with Crippen molar-refractivity contribution in [3.05, 3.63) is 12.2 Å². The fourth-order valence-corrected chi connectivity index (χ4v) is 4.96. The van der Waals surface area contributed by atoms with Crippen molar-refractivity contribution in [3.8, 4) is 0 Å². The summed E-state index contributed by atoms with van der Waals surface area (Å²) in [6.45, 7) is 6.43. The van der Waals surface area contributed by atoms with Crippen molar-refractivity contribution in [2.75, 3.05) is 13.2 Å². The van der Waals surface area contributed by atoms with E-state index in [-0.39, 0.29) is 31.1 Å². The Morgan fingerprint density at radius 1 is 0.442 bits per heavy atom. The van der Waals surface area contributed by atoms with E-state index < -0.39 is 6.10 Å². The first-order valence-electron chi connectivity index (χ1n) is 18.2. The Kier molecular flexibility index (Phi) is 31.6. The SMILES string of the molecule is CCCCCCCC/C=C/CCCCCCCC(=O)OC(COC(=O)CCCCCCC)COC(=O)CCCCCCC. The monoisotopic (exact) mass is 609 g/mol. The zero-order valence-electron chi connectivity index (χ0n) is 28.5. The van der Waals surface area contributed by atoms with E-state index >= 15 is 0 Å². The molecule has 0 bridgehead atoms. The van der Waals surface area contributed by atoms with Crippen molar-refractivity contribution in [3.63, 3.8) is 0 Å². The van der Waals surface area contributed by atoms with Crippen molar-refractivity contribution < 1.29 is 28.6 Å². The fraction of sp³-hybridized carbons (Fsp3) is 0.865. The smallest absolute Gasteiger partial charge is 0.306 e. The van der Waals surface area contributed by atoms with Gasteiger partial charge in [-0.3, -0.25) is 14.4 Å². The Labute approximate surface area is 265 Å². The molecule has 6 nitrogen and oxygen atoms in total. The normalized spacial score (nSPS) is 11.3. The van der Waals surface area contributed by atoms with E-state index in [2.05, 4.69) is 32.9 Å². The highest BCUT2D eigenvalue weighted by Gasteiger charge is 2.19. The molecule has 0 aliphatic carbocycles. The van der Waals surface area contributed by atoms with Crippen LogP contribution in [-0.2, 0) is 28.6 Å². The number of unbranched alkanes of at least 4 members (excludes halogenated alkanes) is 19. The summed E-state index contributed by atoms with van der Waals surface area (Å²) in [7, 11) is 0. The molecule has 0 amide bonds. The van der Waals surface area contributed by atoms with Gasteiger partial charge in [0, 0.05) is 19.3 Å². The van der Waals surface area contributed by atoms with Gasteiger partial charge in [-0.2, -0.15) is 0 Å². The highest BCUT2D eigenvalue weighted by Crippen LogP contribution is 2.12. The van der Waals surface area contributed by atoms with E-state index in [1.165, 1.54) is 70.6 Å². The molecule has 0 aromatic rings. The average molecular weight is 609 g/mol.